The van der Waals surface area contributed by atoms with E-state index in [9.17, 15) is 9.59 Å². The van der Waals surface area contributed by atoms with Crippen LogP contribution in [0.4, 0.5) is 0 Å². The van der Waals surface area contributed by atoms with Crippen LogP contribution in [-0.4, -0.2) is 16.8 Å². The lowest BCUT2D eigenvalue weighted by molar-refractivity contribution is 0.0844. The highest BCUT2D eigenvalue weighted by atomic mass is 79.9. The lowest BCUT2D eigenvalue weighted by Crippen LogP contribution is -2.41. The number of nitrogens with zero attached hydrogens (tertiary/aromatic N) is 1. The zero-order valence-electron chi connectivity index (χ0n) is 21.2. The Bertz CT molecular complexity index is 1610. The Kier molecular flexibility index (Phi) is 8.85. The average molecular weight is 615 g/mol. The van der Waals surface area contributed by atoms with E-state index >= 15 is 0 Å². The van der Waals surface area contributed by atoms with Gasteiger partial charge < -0.3 is 9.47 Å². The van der Waals surface area contributed by atoms with Crippen LogP contribution >= 0.6 is 27.3 Å². The number of para-hydroxylation sites is 1. The Balaban J connectivity index is 1.18. The highest BCUT2D eigenvalue weighted by molar-refractivity contribution is 9.10. The van der Waals surface area contributed by atoms with Crippen LogP contribution < -0.4 is 20.3 Å². The maximum absolute atomic E-state index is 12.7. The second-order valence-corrected chi connectivity index (χ2v) is 10.3. The smallest absolute Gasteiger partial charge is 0.289 e. The van der Waals surface area contributed by atoms with Crippen molar-refractivity contribution in [3.05, 3.63) is 135 Å². The van der Waals surface area contributed by atoms with Gasteiger partial charge in [-0.1, -0.05) is 72.8 Å². The van der Waals surface area contributed by atoms with E-state index < -0.39 is 11.8 Å². The molecule has 0 saturated heterocycles. The first-order valence-electron chi connectivity index (χ1n) is 12.4. The molecule has 200 valence electrons. The molecule has 40 heavy (non-hydrogen) atoms. The van der Waals surface area contributed by atoms with Crippen molar-refractivity contribution in [2.24, 2.45) is 0 Å². The van der Waals surface area contributed by atoms with Crippen molar-refractivity contribution in [2.45, 2.75) is 13.2 Å². The van der Waals surface area contributed by atoms with Crippen molar-refractivity contribution in [3.8, 4) is 22.1 Å². The molecule has 0 saturated carbocycles. The van der Waals surface area contributed by atoms with Crippen molar-refractivity contribution >= 4 is 39.1 Å². The lowest BCUT2D eigenvalue weighted by atomic mass is 10.2. The molecule has 0 aliphatic carbocycles. The minimum atomic E-state index is -0.530. The van der Waals surface area contributed by atoms with Crippen molar-refractivity contribution < 1.29 is 19.1 Å². The molecule has 0 aliphatic heterocycles. The number of ether oxygens (including phenoxy) is 2. The van der Waals surface area contributed by atoms with Gasteiger partial charge in [-0.25, -0.2) is 4.98 Å². The molecule has 5 aromatic rings. The number of hydrogen-bond donors (Lipinski definition) is 2. The predicted molar refractivity (Wildman–Crippen MR) is 158 cm³/mol. The van der Waals surface area contributed by atoms with E-state index in [1.54, 1.807) is 23.6 Å². The monoisotopic (exact) mass is 613 g/mol. The van der Waals surface area contributed by atoms with E-state index in [1.807, 2.05) is 84.9 Å². The molecule has 2 N–H and O–H groups in total. The van der Waals surface area contributed by atoms with Crippen LogP contribution in [0.15, 0.2) is 113 Å². The molecule has 1 heterocycles. The average Bonchev–Trinajstić information content (AvgIpc) is 3.49. The highest BCUT2D eigenvalue weighted by Crippen LogP contribution is 2.32. The highest BCUT2D eigenvalue weighted by Gasteiger charge is 2.17. The van der Waals surface area contributed by atoms with E-state index in [0.29, 0.717) is 39.8 Å². The van der Waals surface area contributed by atoms with Crippen LogP contribution in [0, 0.1) is 0 Å². The number of nitrogens with one attached hydrogen (secondary N) is 2. The summed E-state index contributed by atoms with van der Waals surface area (Å²) in [5.74, 6) is 0.267. The summed E-state index contributed by atoms with van der Waals surface area (Å²) in [4.78, 5) is 29.9. The molecular formula is C31H24BrN3O4S. The number of hydrazine groups is 1. The summed E-state index contributed by atoms with van der Waals surface area (Å²) in [7, 11) is 0. The third kappa shape index (κ3) is 6.93. The minimum absolute atomic E-state index is 0.182. The summed E-state index contributed by atoms with van der Waals surface area (Å²) in [5, 5.41) is 2.27. The minimum Gasteiger partial charge on any atom is -0.489 e. The summed E-state index contributed by atoms with van der Waals surface area (Å²) in [5.41, 5.74) is 8.27. The van der Waals surface area contributed by atoms with Crippen LogP contribution in [0.5, 0.6) is 11.5 Å². The predicted octanol–water partition coefficient (Wildman–Crippen LogP) is 6.81. The van der Waals surface area contributed by atoms with Gasteiger partial charge in [-0.2, -0.15) is 0 Å². The molecule has 0 unspecified atom stereocenters. The van der Waals surface area contributed by atoms with Gasteiger partial charge in [0.05, 0.1) is 11.1 Å². The fourth-order valence-corrected chi connectivity index (χ4v) is 5.13. The van der Waals surface area contributed by atoms with Crippen LogP contribution in [0.1, 0.15) is 32.0 Å². The summed E-state index contributed by atoms with van der Waals surface area (Å²) in [6.07, 6.45) is 0. The van der Waals surface area contributed by atoms with E-state index in [2.05, 4.69) is 31.8 Å². The number of thiazole rings is 1. The van der Waals surface area contributed by atoms with E-state index in [-0.39, 0.29) is 5.69 Å². The molecule has 0 bridgehead atoms. The molecule has 0 spiro atoms. The number of benzene rings is 4. The van der Waals surface area contributed by atoms with Crippen LogP contribution in [-0.2, 0) is 13.2 Å². The van der Waals surface area contributed by atoms with Gasteiger partial charge in [-0.05, 0) is 57.4 Å². The van der Waals surface area contributed by atoms with E-state index in [1.165, 1.54) is 11.3 Å². The van der Waals surface area contributed by atoms with E-state index in [0.717, 1.165) is 16.7 Å². The quantitative estimate of drug-likeness (QED) is 0.178. The molecule has 0 fully saturated rings. The molecule has 2 amide bonds. The fourth-order valence-electron chi connectivity index (χ4n) is 3.76. The number of halogens is 1. The fraction of sp³-hybridized carbons (Fsp3) is 0.0645. The standard InChI is InChI=1S/C31H24BrN3O4S/c32-26-17-23(38-18-21-9-3-1-4-10-21)15-16-24(26)29(36)34-35-30(37)27-20-40-31(33-27)25-13-7-8-14-28(25)39-19-22-11-5-2-6-12-22/h1-17,20H,18-19H2,(H,34,36)(H,35,37). The first-order valence-corrected chi connectivity index (χ1v) is 14.0. The second-order valence-electron chi connectivity index (χ2n) is 8.63. The third-order valence-corrected chi connectivity index (χ3v) is 7.35. The SMILES string of the molecule is O=C(NNC(=O)c1ccc(OCc2ccccc2)cc1Br)c1csc(-c2ccccc2OCc2ccccc2)n1. The van der Waals surface area contributed by atoms with Gasteiger partial charge in [0.2, 0.25) is 0 Å². The zero-order chi connectivity index (χ0) is 27.7. The molecule has 0 atom stereocenters. The van der Waals surface area contributed by atoms with Gasteiger partial charge in [-0.3, -0.25) is 20.4 Å². The summed E-state index contributed by atoms with van der Waals surface area (Å²) in [6, 6.07) is 32.3. The van der Waals surface area contributed by atoms with Crippen LogP contribution in [0.3, 0.4) is 0 Å². The number of amides is 2. The second kappa shape index (κ2) is 13.1. The van der Waals surface area contributed by atoms with E-state index in [4.69, 9.17) is 9.47 Å². The Morgan fingerprint density at radius 1 is 0.750 bits per heavy atom. The normalized spacial score (nSPS) is 10.5. The summed E-state index contributed by atoms with van der Waals surface area (Å²) < 4.78 is 12.4. The number of rotatable bonds is 9. The molecule has 5 rings (SSSR count). The topological polar surface area (TPSA) is 89.6 Å². The van der Waals surface area contributed by atoms with Gasteiger partial charge in [0, 0.05) is 9.85 Å². The maximum atomic E-state index is 12.7. The molecular weight excluding hydrogens is 590 g/mol. The number of aromatic nitrogens is 1. The third-order valence-electron chi connectivity index (χ3n) is 5.81. The number of carbonyl (C=O) groups excluding carboxylic acids is 2. The Labute approximate surface area is 243 Å². The largest absolute Gasteiger partial charge is 0.489 e. The zero-order valence-corrected chi connectivity index (χ0v) is 23.6. The molecule has 1 aromatic heterocycles. The van der Waals surface area contributed by atoms with Crippen LogP contribution in [0.2, 0.25) is 0 Å². The van der Waals surface area contributed by atoms with Gasteiger partial charge in [0.1, 0.15) is 35.4 Å². The number of carbonyl (C=O) groups is 2. The van der Waals surface area contributed by atoms with Crippen molar-refractivity contribution in [1.29, 1.82) is 0 Å². The van der Waals surface area contributed by atoms with Gasteiger partial charge in [-0.15, -0.1) is 11.3 Å². The number of hydrogen-bond acceptors (Lipinski definition) is 6. The van der Waals surface area contributed by atoms with Gasteiger partial charge >= 0.3 is 0 Å². The van der Waals surface area contributed by atoms with Crippen molar-refractivity contribution in [2.75, 3.05) is 0 Å². The molecule has 9 heteroatoms. The molecule has 0 radical (unpaired) electrons. The Morgan fingerprint density at radius 3 is 2.08 bits per heavy atom. The van der Waals surface area contributed by atoms with Crippen molar-refractivity contribution in [1.82, 2.24) is 15.8 Å². The summed E-state index contributed by atoms with van der Waals surface area (Å²) in [6.45, 7) is 0.826. The Hall–Kier alpha value is -4.47. The van der Waals surface area contributed by atoms with Crippen molar-refractivity contribution in [3.63, 3.8) is 0 Å². The first-order chi connectivity index (χ1) is 19.6. The Morgan fingerprint density at radius 2 is 1.38 bits per heavy atom. The molecule has 7 nitrogen and oxygen atoms in total. The molecule has 0 aliphatic rings. The van der Waals surface area contributed by atoms with Crippen LogP contribution in [0.25, 0.3) is 10.6 Å². The van der Waals surface area contributed by atoms with Gasteiger partial charge in [0.25, 0.3) is 11.8 Å². The lowest BCUT2D eigenvalue weighted by Gasteiger charge is -2.11. The molecule has 4 aromatic carbocycles. The summed E-state index contributed by atoms with van der Waals surface area (Å²) >= 11 is 4.73. The maximum Gasteiger partial charge on any atom is 0.289 e. The first kappa shape index (κ1) is 27.1. The van der Waals surface area contributed by atoms with Gasteiger partial charge in [0.15, 0.2) is 0 Å².